The first-order valence-corrected chi connectivity index (χ1v) is 12.0. The number of rotatable bonds is 7. The van der Waals surface area contributed by atoms with Crippen LogP contribution in [0.15, 0.2) is 102 Å². The Morgan fingerprint density at radius 1 is 1.12 bits per heavy atom. The number of ether oxygens (including phenoxy) is 1. The molecule has 9 nitrogen and oxygen atoms in total. The molecule has 0 bridgehead atoms. The maximum Gasteiger partial charge on any atom is 0.268 e. The van der Waals surface area contributed by atoms with Gasteiger partial charge in [0.1, 0.15) is 11.4 Å². The van der Waals surface area contributed by atoms with Gasteiger partial charge in [-0.3, -0.25) is 14.2 Å². The minimum Gasteiger partial charge on any atom is -0.452 e. The molecule has 1 aliphatic heterocycles. The topological polar surface area (TPSA) is 125 Å². The number of carbonyl (C=O) groups excluding carboxylic acids is 1. The zero-order valence-corrected chi connectivity index (χ0v) is 21.0. The van der Waals surface area contributed by atoms with Gasteiger partial charge >= 0.3 is 0 Å². The minimum atomic E-state index is -0.767. The lowest BCUT2D eigenvalue weighted by Gasteiger charge is -2.19. The van der Waals surface area contributed by atoms with Crippen LogP contribution in [0.4, 0.5) is 14.5 Å². The summed E-state index contributed by atoms with van der Waals surface area (Å²) >= 11 is 0. The first-order valence-electron chi connectivity index (χ1n) is 12.0. The number of imidazole rings is 1. The molecule has 0 fully saturated rings. The van der Waals surface area contributed by atoms with Crippen LogP contribution in [0.5, 0.6) is 5.75 Å². The van der Waals surface area contributed by atoms with Crippen LogP contribution in [0, 0.1) is 24.0 Å². The molecule has 0 atom stereocenters. The van der Waals surface area contributed by atoms with Crippen molar-refractivity contribution in [3.63, 3.8) is 0 Å². The Morgan fingerprint density at radius 2 is 1.93 bits per heavy atom. The second-order valence-corrected chi connectivity index (χ2v) is 8.66. The number of benzene rings is 2. The van der Waals surface area contributed by atoms with Crippen molar-refractivity contribution in [3.05, 3.63) is 136 Å². The Balaban J connectivity index is 1.37. The fourth-order valence-electron chi connectivity index (χ4n) is 4.04. The first-order chi connectivity index (χ1) is 19.3. The lowest BCUT2D eigenvalue weighted by atomic mass is 10.1. The van der Waals surface area contributed by atoms with Gasteiger partial charge in [0.25, 0.3) is 11.5 Å². The smallest absolute Gasteiger partial charge is 0.268 e. The number of anilines is 1. The van der Waals surface area contributed by atoms with Crippen LogP contribution in [0.2, 0.25) is 0 Å². The summed E-state index contributed by atoms with van der Waals surface area (Å²) in [5, 5.41) is 12.9. The number of hydrogen-bond donors (Lipinski definition) is 4. The van der Waals surface area contributed by atoms with E-state index in [-0.39, 0.29) is 22.8 Å². The maximum absolute atomic E-state index is 15.1. The number of halogens is 2. The number of allylic oxidation sites excluding steroid dienone is 3. The third-order valence-electron chi connectivity index (χ3n) is 6.00. The summed E-state index contributed by atoms with van der Waals surface area (Å²) < 4.78 is 35.5. The van der Waals surface area contributed by atoms with Crippen molar-refractivity contribution in [2.75, 3.05) is 5.32 Å². The maximum atomic E-state index is 15.1. The molecule has 3 heterocycles. The van der Waals surface area contributed by atoms with Gasteiger partial charge in [-0.2, -0.15) is 0 Å². The van der Waals surface area contributed by atoms with Crippen LogP contribution in [0.1, 0.15) is 21.7 Å². The summed E-state index contributed by atoms with van der Waals surface area (Å²) in [6.07, 6.45) is 9.07. The Hall–Kier alpha value is -5.58. The lowest BCUT2D eigenvalue weighted by Crippen LogP contribution is -2.29. The van der Waals surface area contributed by atoms with Gasteiger partial charge in [-0.25, -0.2) is 13.8 Å². The SMILES string of the molecule is Cc1ccc(C(=O)Nc2ccc(OC3=CC(c4c[nH]cn4)=CN/C3=C\C=N)c(F)c2)c(=O)n1-c1ccc(F)cc1. The number of aryl methyl sites for hydroxylation is 1. The van der Waals surface area contributed by atoms with E-state index in [4.69, 9.17) is 10.1 Å². The van der Waals surface area contributed by atoms with Crippen LogP contribution in [0.25, 0.3) is 11.3 Å². The molecule has 2 aromatic heterocycles. The van der Waals surface area contributed by atoms with E-state index < -0.39 is 23.1 Å². The van der Waals surface area contributed by atoms with E-state index in [0.717, 1.165) is 12.3 Å². The van der Waals surface area contributed by atoms with Crippen LogP contribution in [-0.4, -0.2) is 26.7 Å². The van der Waals surface area contributed by atoms with Gasteiger partial charge in [-0.1, -0.05) is 0 Å². The summed E-state index contributed by atoms with van der Waals surface area (Å²) in [5.74, 6) is -1.83. The van der Waals surface area contributed by atoms with E-state index >= 15 is 4.39 Å². The van der Waals surface area contributed by atoms with Crippen LogP contribution in [0.3, 0.4) is 0 Å². The van der Waals surface area contributed by atoms with Gasteiger partial charge in [0, 0.05) is 47.3 Å². The molecule has 4 N–H and O–H groups in total. The highest BCUT2D eigenvalue weighted by atomic mass is 19.1. The first kappa shape index (κ1) is 26.0. The number of hydrogen-bond acceptors (Lipinski definition) is 6. The molecule has 0 unspecified atom stereocenters. The largest absolute Gasteiger partial charge is 0.452 e. The molecule has 0 saturated carbocycles. The number of carbonyl (C=O) groups is 1. The van der Waals surface area contributed by atoms with Gasteiger partial charge in [-0.15, -0.1) is 0 Å². The molecular formula is C29H22F2N6O3. The highest BCUT2D eigenvalue weighted by Gasteiger charge is 2.19. The van der Waals surface area contributed by atoms with Crippen LogP contribution in [-0.2, 0) is 0 Å². The molecule has 40 heavy (non-hydrogen) atoms. The number of pyridine rings is 1. The molecule has 0 aliphatic carbocycles. The Bertz CT molecular complexity index is 1750. The standard InChI is InChI=1S/C29H22F2N6O3/c1-17-2-8-22(29(39)37(17)21-6-3-19(30)4-7-21)28(38)36-20-5-9-26(23(31)13-20)40-27-12-18(25-15-33-16-35-25)14-34-24(27)10-11-32/h2-16,32,34H,1H3,(H,33,35)(H,36,38)/b24-10-,32-11?. The number of nitrogens with one attached hydrogen (secondary N) is 4. The zero-order valence-electron chi connectivity index (χ0n) is 21.0. The minimum absolute atomic E-state index is 0.103. The molecule has 200 valence electrons. The molecule has 2 aromatic carbocycles. The fraction of sp³-hybridized carbons (Fsp3) is 0.0345. The van der Waals surface area contributed by atoms with E-state index in [0.29, 0.717) is 28.3 Å². The summed E-state index contributed by atoms with van der Waals surface area (Å²) in [4.78, 5) is 33.1. The lowest BCUT2D eigenvalue weighted by molar-refractivity contribution is 0.102. The molecule has 1 amide bonds. The van der Waals surface area contributed by atoms with Crippen molar-refractivity contribution in [2.24, 2.45) is 0 Å². The van der Waals surface area contributed by atoms with Crippen molar-refractivity contribution < 1.29 is 18.3 Å². The fourth-order valence-corrected chi connectivity index (χ4v) is 4.04. The van der Waals surface area contributed by atoms with Crippen molar-refractivity contribution in [1.29, 1.82) is 5.41 Å². The number of nitrogens with zero attached hydrogens (tertiary/aromatic N) is 2. The van der Waals surface area contributed by atoms with Crippen LogP contribution < -0.4 is 20.9 Å². The van der Waals surface area contributed by atoms with E-state index in [1.165, 1.54) is 59.4 Å². The predicted octanol–water partition coefficient (Wildman–Crippen LogP) is 4.84. The summed E-state index contributed by atoms with van der Waals surface area (Å²) in [6, 6.07) is 12.1. The molecule has 5 rings (SSSR count). The number of amides is 1. The van der Waals surface area contributed by atoms with Gasteiger partial charge in [0.2, 0.25) is 0 Å². The third kappa shape index (κ3) is 5.34. The highest BCUT2D eigenvalue weighted by Crippen LogP contribution is 2.28. The average molecular weight is 541 g/mol. The van der Waals surface area contributed by atoms with E-state index in [2.05, 4.69) is 20.6 Å². The molecule has 11 heteroatoms. The number of dihydropyridines is 1. The van der Waals surface area contributed by atoms with Gasteiger partial charge in [-0.05, 0) is 67.6 Å². The Kier molecular flexibility index (Phi) is 7.18. The zero-order chi connectivity index (χ0) is 28.2. The molecule has 0 radical (unpaired) electrons. The van der Waals surface area contributed by atoms with Crippen molar-refractivity contribution in [3.8, 4) is 11.4 Å². The molecule has 4 aromatic rings. The summed E-state index contributed by atoms with van der Waals surface area (Å²) in [6.45, 7) is 1.69. The average Bonchev–Trinajstić information content (AvgIpc) is 3.47. The number of aromatic nitrogens is 3. The second-order valence-electron chi connectivity index (χ2n) is 8.66. The number of aromatic amines is 1. The number of H-pyrrole nitrogens is 1. The van der Waals surface area contributed by atoms with Gasteiger partial charge in [0.05, 0.1) is 17.7 Å². The van der Waals surface area contributed by atoms with E-state index in [1.807, 2.05) is 0 Å². The normalized spacial score (nSPS) is 13.7. The van der Waals surface area contributed by atoms with E-state index in [9.17, 15) is 14.0 Å². The second kappa shape index (κ2) is 11.0. The van der Waals surface area contributed by atoms with Gasteiger partial charge < -0.3 is 25.8 Å². The molecule has 0 spiro atoms. The quantitative estimate of drug-likeness (QED) is 0.250. The summed E-state index contributed by atoms with van der Waals surface area (Å²) in [7, 11) is 0. The third-order valence-corrected chi connectivity index (χ3v) is 6.00. The molecule has 1 aliphatic rings. The highest BCUT2D eigenvalue weighted by molar-refractivity contribution is 6.04. The predicted molar refractivity (Wildman–Crippen MR) is 146 cm³/mol. The van der Waals surface area contributed by atoms with Crippen molar-refractivity contribution in [1.82, 2.24) is 19.9 Å². The van der Waals surface area contributed by atoms with Crippen molar-refractivity contribution >= 4 is 23.4 Å². The van der Waals surface area contributed by atoms with Crippen molar-refractivity contribution in [2.45, 2.75) is 6.92 Å². The monoisotopic (exact) mass is 540 g/mol. The van der Waals surface area contributed by atoms with E-state index in [1.54, 1.807) is 31.5 Å². The van der Waals surface area contributed by atoms with Gasteiger partial charge in [0.15, 0.2) is 17.3 Å². The molecular weight excluding hydrogens is 518 g/mol. The Labute approximate surface area is 226 Å². The summed E-state index contributed by atoms with van der Waals surface area (Å²) in [5.41, 5.74) is 2.02. The van der Waals surface area contributed by atoms with Crippen LogP contribution >= 0.6 is 0 Å². The molecule has 0 saturated heterocycles. The Morgan fingerprint density at radius 3 is 2.62 bits per heavy atom.